The fourth-order valence-corrected chi connectivity index (χ4v) is 1.44. The maximum Gasteiger partial charge on any atom is 0.249 e. The minimum atomic E-state index is -0.535. The Labute approximate surface area is 110 Å². The van der Waals surface area contributed by atoms with Gasteiger partial charge in [-0.15, -0.1) is 10.2 Å². The third kappa shape index (κ3) is 4.14. The molecule has 7 nitrogen and oxygen atoms in total. The number of nitrogens with one attached hydrogen (secondary N) is 2. The number of aromatic nitrogens is 4. The van der Waals surface area contributed by atoms with Gasteiger partial charge < -0.3 is 10.1 Å². The number of amides is 1. The molecule has 0 bridgehead atoms. The highest BCUT2D eigenvalue weighted by molar-refractivity contribution is 5.80. The van der Waals surface area contributed by atoms with Gasteiger partial charge in [0.15, 0.2) is 5.82 Å². The molecule has 1 aromatic carbocycles. The SMILES string of the molecule is CC(OCc1ccccc1)C(=O)NCc1nn[nH]n1. The van der Waals surface area contributed by atoms with Gasteiger partial charge in [0.1, 0.15) is 6.10 Å². The largest absolute Gasteiger partial charge is 0.364 e. The average molecular weight is 261 g/mol. The zero-order chi connectivity index (χ0) is 13.5. The van der Waals surface area contributed by atoms with E-state index in [9.17, 15) is 4.79 Å². The first kappa shape index (κ1) is 13.2. The minimum Gasteiger partial charge on any atom is -0.364 e. The van der Waals surface area contributed by atoms with E-state index in [-0.39, 0.29) is 12.5 Å². The lowest BCUT2D eigenvalue weighted by Crippen LogP contribution is -2.34. The fourth-order valence-electron chi connectivity index (χ4n) is 1.44. The van der Waals surface area contributed by atoms with E-state index in [1.165, 1.54) is 0 Å². The molecule has 1 atom stereocenters. The lowest BCUT2D eigenvalue weighted by Gasteiger charge is -2.12. The molecule has 1 aromatic heterocycles. The maximum absolute atomic E-state index is 11.7. The van der Waals surface area contributed by atoms with Crippen molar-refractivity contribution in [2.45, 2.75) is 26.2 Å². The first-order valence-electron chi connectivity index (χ1n) is 5.91. The highest BCUT2D eigenvalue weighted by Crippen LogP contribution is 2.03. The van der Waals surface area contributed by atoms with Crippen LogP contribution in [0.25, 0.3) is 0 Å². The van der Waals surface area contributed by atoms with E-state index in [2.05, 4.69) is 25.9 Å². The molecule has 2 aromatic rings. The van der Waals surface area contributed by atoms with Crippen molar-refractivity contribution in [3.63, 3.8) is 0 Å². The Hall–Kier alpha value is -2.28. The van der Waals surface area contributed by atoms with E-state index >= 15 is 0 Å². The minimum absolute atomic E-state index is 0.208. The number of tetrazole rings is 1. The molecule has 0 aliphatic rings. The van der Waals surface area contributed by atoms with Crippen molar-refractivity contribution in [3.8, 4) is 0 Å². The number of ether oxygens (including phenoxy) is 1. The topological polar surface area (TPSA) is 92.8 Å². The van der Waals surface area contributed by atoms with Crippen LogP contribution in [0.4, 0.5) is 0 Å². The number of carbonyl (C=O) groups excluding carboxylic acids is 1. The van der Waals surface area contributed by atoms with Crippen LogP contribution in [0, 0.1) is 0 Å². The second-order valence-corrected chi connectivity index (χ2v) is 3.98. The summed E-state index contributed by atoms with van der Waals surface area (Å²) in [4.78, 5) is 11.7. The normalized spacial score (nSPS) is 12.1. The van der Waals surface area contributed by atoms with Gasteiger partial charge in [0.05, 0.1) is 13.2 Å². The average Bonchev–Trinajstić information content (AvgIpc) is 2.96. The van der Waals surface area contributed by atoms with Crippen LogP contribution >= 0.6 is 0 Å². The number of nitrogens with zero attached hydrogens (tertiary/aromatic N) is 3. The fraction of sp³-hybridized carbons (Fsp3) is 0.333. The second-order valence-electron chi connectivity index (χ2n) is 3.98. The Morgan fingerprint density at radius 1 is 1.42 bits per heavy atom. The molecule has 7 heteroatoms. The zero-order valence-corrected chi connectivity index (χ0v) is 10.5. The predicted octanol–water partition coefficient (Wildman–Crippen LogP) is 0.421. The van der Waals surface area contributed by atoms with Crippen molar-refractivity contribution in [3.05, 3.63) is 41.7 Å². The molecule has 100 valence electrons. The maximum atomic E-state index is 11.7. The third-order valence-corrected chi connectivity index (χ3v) is 2.52. The van der Waals surface area contributed by atoms with Crippen LogP contribution in [0.15, 0.2) is 30.3 Å². The van der Waals surface area contributed by atoms with Crippen molar-refractivity contribution in [2.24, 2.45) is 0 Å². The highest BCUT2D eigenvalue weighted by Gasteiger charge is 2.13. The Morgan fingerprint density at radius 3 is 2.89 bits per heavy atom. The number of benzene rings is 1. The molecule has 1 heterocycles. The van der Waals surface area contributed by atoms with Gasteiger partial charge in [0.2, 0.25) is 5.91 Å². The summed E-state index contributed by atoms with van der Waals surface area (Å²) in [5, 5.41) is 15.9. The van der Waals surface area contributed by atoms with Crippen molar-refractivity contribution in [2.75, 3.05) is 0 Å². The van der Waals surface area contributed by atoms with Crippen LogP contribution in [0.1, 0.15) is 18.3 Å². The Kier molecular flexibility index (Phi) is 4.57. The van der Waals surface area contributed by atoms with Crippen LogP contribution < -0.4 is 5.32 Å². The lowest BCUT2D eigenvalue weighted by atomic mass is 10.2. The van der Waals surface area contributed by atoms with E-state index in [0.717, 1.165) is 5.56 Å². The van der Waals surface area contributed by atoms with Crippen molar-refractivity contribution < 1.29 is 9.53 Å². The summed E-state index contributed by atoms with van der Waals surface area (Å²) >= 11 is 0. The number of rotatable bonds is 6. The summed E-state index contributed by atoms with van der Waals surface area (Å²) in [7, 11) is 0. The summed E-state index contributed by atoms with van der Waals surface area (Å²) < 4.78 is 5.48. The quantitative estimate of drug-likeness (QED) is 0.786. The van der Waals surface area contributed by atoms with Crippen molar-refractivity contribution in [1.82, 2.24) is 25.9 Å². The Bertz CT molecular complexity index is 500. The lowest BCUT2D eigenvalue weighted by molar-refractivity contribution is -0.132. The van der Waals surface area contributed by atoms with Crippen LogP contribution in [0.5, 0.6) is 0 Å². The first-order chi connectivity index (χ1) is 9.25. The van der Waals surface area contributed by atoms with Gasteiger partial charge in [-0.1, -0.05) is 35.5 Å². The standard InChI is InChI=1S/C12H15N5O2/c1-9(19-8-10-5-3-2-4-6-10)12(18)13-7-11-14-16-17-15-11/h2-6,9H,7-8H2,1H3,(H,13,18)(H,14,15,16,17). The first-order valence-corrected chi connectivity index (χ1v) is 5.91. The molecule has 0 aliphatic heterocycles. The van der Waals surface area contributed by atoms with Crippen LogP contribution in [-0.2, 0) is 22.7 Å². The van der Waals surface area contributed by atoms with Gasteiger partial charge in [-0.2, -0.15) is 5.21 Å². The molecule has 0 fully saturated rings. The molecular formula is C12H15N5O2. The predicted molar refractivity (Wildman–Crippen MR) is 66.7 cm³/mol. The number of H-pyrrole nitrogens is 1. The number of aromatic amines is 1. The van der Waals surface area contributed by atoms with Gasteiger partial charge in [-0.3, -0.25) is 4.79 Å². The molecule has 0 aliphatic carbocycles. The van der Waals surface area contributed by atoms with E-state index in [1.807, 2.05) is 30.3 Å². The number of hydrogen-bond acceptors (Lipinski definition) is 5. The smallest absolute Gasteiger partial charge is 0.249 e. The second kappa shape index (κ2) is 6.60. The molecule has 1 unspecified atom stereocenters. The van der Waals surface area contributed by atoms with E-state index < -0.39 is 6.10 Å². The van der Waals surface area contributed by atoms with Crippen molar-refractivity contribution in [1.29, 1.82) is 0 Å². The summed E-state index contributed by atoms with van der Waals surface area (Å²) in [6, 6.07) is 9.69. The third-order valence-electron chi connectivity index (χ3n) is 2.52. The van der Waals surface area contributed by atoms with Gasteiger partial charge in [-0.25, -0.2) is 0 Å². The zero-order valence-electron chi connectivity index (χ0n) is 10.5. The molecule has 0 radical (unpaired) electrons. The Morgan fingerprint density at radius 2 is 2.21 bits per heavy atom. The van der Waals surface area contributed by atoms with Gasteiger partial charge in [-0.05, 0) is 12.5 Å². The molecule has 0 saturated carbocycles. The monoisotopic (exact) mass is 261 g/mol. The number of hydrogen-bond donors (Lipinski definition) is 2. The number of carbonyl (C=O) groups is 1. The van der Waals surface area contributed by atoms with E-state index in [1.54, 1.807) is 6.92 Å². The summed E-state index contributed by atoms with van der Waals surface area (Å²) in [6.45, 7) is 2.33. The van der Waals surface area contributed by atoms with Crippen LogP contribution in [0.2, 0.25) is 0 Å². The molecule has 0 spiro atoms. The Balaban J connectivity index is 1.73. The van der Waals surface area contributed by atoms with Gasteiger partial charge in [0, 0.05) is 0 Å². The summed E-state index contributed by atoms with van der Waals surface area (Å²) in [5.74, 6) is 0.226. The molecule has 19 heavy (non-hydrogen) atoms. The van der Waals surface area contributed by atoms with E-state index in [4.69, 9.17) is 4.74 Å². The molecule has 2 N–H and O–H groups in total. The summed E-state index contributed by atoms with van der Waals surface area (Å²) in [5.41, 5.74) is 1.03. The molecule has 1 amide bonds. The van der Waals surface area contributed by atoms with Crippen LogP contribution in [0.3, 0.4) is 0 Å². The molecule has 0 saturated heterocycles. The van der Waals surface area contributed by atoms with Crippen molar-refractivity contribution >= 4 is 5.91 Å². The summed E-state index contributed by atoms with van der Waals surface area (Å²) in [6.07, 6.45) is -0.535. The molecular weight excluding hydrogens is 246 g/mol. The van der Waals surface area contributed by atoms with Crippen LogP contribution in [-0.4, -0.2) is 32.6 Å². The van der Waals surface area contributed by atoms with Gasteiger partial charge in [0.25, 0.3) is 0 Å². The van der Waals surface area contributed by atoms with E-state index in [0.29, 0.717) is 12.4 Å². The van der Waals surface area contributed by atoms with Gasteiger partial charge >= 0.3 is 0 Å². The molecule has 2 rings (SSSR count). The highest BCUT2D eigenvalue weighted by atomic mass is 16.5.